The zero-order valence-electron chi connectivity index (χ0n) is 13.6. The van der Waals surface area contributed by atoms with Gasteiger partial charge in [-0.15, -0.1) is 0 Å². The summed E-state index contributed by atoms with van der Waals surface area (Å²) < 4.78 is 5.47. The summed E-state index contributed by atoms with van der Waals surface area (Å²) in [7, 11) is 1.67. The monoisotopic (exact) mass is 290 g/mol. The van der Waals surface area contributed by atoms with Crippen molar-refractivity contribution in [2.75, 3.05) is 7.11 Å². The molecule has 0 saturated carbocycles. The molecule has 4 atom stereocenters. The molecule has 0 spiro atoms. The fourth-order valence-corrected chi connectivity index (χ4v) is 2.92. The lowest BCUT2D eigenvalue weighted by Gasteiger charge is -2.34. The summed E-state index contributed by atoms with van der Waals surface area (Å²) in [4.78, 5) is 14.6. The van der Waals surface area contributed by atoms with E-state index in [0.717, 1.165) is 17.7 Å². The van der Waals surface area contributed by atoms with E-state index in [1.165, 1.54) is 0 Å². The van der Waals surface area contributed by atoms with Crippen LogP contribution in [0.25, 0.3) is 0 Å². The summed E-state index contributed by atoms with van der Waals surface area (Å²) >= 11 is 0. The quantitative estimate of drug-likeness (QED) is 0.906. The second-order valence-electron chi connectivity index (χ2n) is 5.90. The zero-order chi connectivity index (χ0) is 15.6. The first-order chi connectivity index (χ1) is 10.0. The van der Waals surface area contributed by atoms with Crippen LogP contribution in [0, 0.1) is 5.92 Å². The Labute approximate surface area is 127 Å². The minimum atomic E-state index is -0.161. The highest BCUT2D eigenvalue weighted by molar-refractivity contribution is 5.84. The topological polar surface area (TPSA) is 41.6 Å². The van der Waals surface area contributed by atoms with Crippen LogP contribution in [0.5, 0.6) is 5.75 Å². The maximum Gasteiger partial charge on any atom is 0.241 e. The predicted octanol–water partition coefficient (Wildman–Crippen LogP) is 2.95. The van der Waals surface area contributed by atoms with Gasteiger partial charge in [-0.2, -0.15) is 0 Å². The molecule has 116 valence electrons. The molecule has 21 heavy (non-hydrogen) atoms. The van der Waals surface area contributed by atoms with Crippen LogP contribution >= 0.6 is 0 Å². The largest absolute Gasteiger partial charge is 0.496 e. The van der Waals surface area contributed by atoms with E-state index in [0.29, 0.717) is 5.92 Å². The fraction of sp³-hybridized carbons (Fsp3) is 0.588. The highest BCUT2D eigenvalue weighted by Gasteiger charge is 2.41. The molecular formula is C17H26N2O2. The smallest absolute Gasteiger partial charge is 0.241 e. The number of nitrogens with one attached hydrogen (secondary N) is 1. The van der Waals surface area contributed by atoms with Gasteiger partial charge in [0.15, 0.2) is 0 Å². The summed E-state index contributed by atoms with van der Waals surface area (Å²) in [5.41, 5.74) is 1.02. The van der Waals surface area contributed by atoms with Gasteiger partial charge in [-0.05, 0) is 25.8 Å². The van der Waals surface area contributed by atoms with Crippen LogP contribution in [0.4, 0.5) is 0 Å². The molecule has 4 nitrogen and oxygen atoms in total. The van der Waals surface area contributed by atoms with Crippen LogP contribution in [-0.4, -0.2) is 30.0 Å². The Morgan fingerprint density at radius 1 is 1.33 bits per heavy atom. The van der Waals surface area contributed by atoms with E-state index in [1.54, 1.807) is 7.11 Å². The van der Waals surface area contributed by atoms with E-state index in [4.69, 9.17) is 4.74 Å². The number of benzene rings is 1. The maximum absolute atomic E-state index is 12.6. The third-order valence-electron chi connectivity index (χ3n) is 4.65. The van der Waals surface area contributed by atoms with Gasteiger partial charge in [0.2, 0.25) is 5.91 Å². The number of methoxy groups -OCH3 is 1. The zero-order valence-corrected chi connectivity index (χ0v) is 13.6. The molecule has 1 aliphatic heterocycles. The minimum Gasteiger partial charge on any atom is -0.496 e. The molecule has 0 radical (unpaired) electrons. The van der Waals surface area contributed by atoms with Gasteiger partial charge in [-0.25, -0.2) is 0 Å². The first-order valence-electron chi connectivity index (χ1n) is 7.72. The molecule has 1 aromatic carbocycles. The second-order valence-corrected chi connectivity index (χ2v) is 5.90. The number of rotatable bonds is 5. The van der Waals surface area contributed by atoms with Gasteiger partial charge in [0.05, 0.1) is 13.2 Å². The van der Waals surface area contributed by atoms with Crippen LogP contribution in [0.15, 0.2) is 24.3 Å². The molecular weight excluding hydrogens is 264 g/mol. The summed E-state index contributed by atoms with van der Waals surface area (Å²) in [5, 5.41) is 3.40. The van der Waals surface area contributed by atoms with Crippen molar-refractivity contribution in [2.24, 2.45) is 5.92 Å². The van der Waals surface area contributed by atoms with Crippen LogP contribution < -0.4 is 10.1 Å². The Morgan fingerprint density at radius 3 is 2.62 bits per heavy atom. The summed E-state index contributed by atoms with van der Waals surface area (Å²) in [6.07, 6.45) is 0.936. The number of amides is 1. The van der Waals surface area contributed by atoms with Crippen LogP contribution in [-0.2, 0) is 4.79 Å². The Bertz CT molecular complexity index is 503. The molecule has 0 bridgehead atoms. The third kappa shape index (κ3) is 2.91. The molecule has 1 saturated heterocycles. The van der Waals surface area contributed by atoms with Crippen molar-refractivity contribution in [3.63, 3.8) is 0 Å². The van der Waals surface area contributed by atoms with Crippen LogP contribution in [0.1, 0.15) is 45.8 Å². The maximum atomic E-state index is 12.6. The van der Waals surface area contributed by atoms with Crippen molar-refractivity contribution in [1.29, 1.82) is 0 Å². The molecule has 4 unspecified atom stereocenters. The van der Waals surface area contributed by atoms with E-state index >= 15 is 0 Å². The predicted molar refractivity (Wildman–Crippen MR) is 84.1 cm³/mol. The van der Waals surface area contributed by atoms with Gasteiger partial charge in [-0.3, -0.25) is 10.1 Å². The molecule has 1 aromatic rings. The van der Waals surface area contributed by atoms with E-state index < -0.39 is 0 Å². The van der Waals surface area contributed by atoms with Gasteiger partial charge in [-0.1, -0.05) is 38.5 Å². The Kier molecular flexibility index (Phi) is 4.88. The first-order valence-corrected chi connectivity index (χ1v) is 7.72. The molecule has 1 amide bonds. The van der Waals surface area contributed by atoms with Crippen molar-refractivity contribution in [2.45, 2.75) is 52.4 Å². The fourth-order valence-electron chi connectivity index (χ4n) is 2.92. The molecule has 1 fully saturated rings. The molecule has 1 aliphatic rings. The lowest BCUT2D eigenvalue weighted by molar-refractivity contribution is -0.132. The summed E-state index contributed by atoms with van der Waals surface area (Å²) in [6.45, 7) is 8.42. The van der Waals surface area contributed by atoms with Gasteiger partial charge in [0.1, 0.15) is 11.9 Å². The molecule has 1 heterocycles. The Morgan fingerprint density at radius 2 is 2.00 bits per heavy atom. The number of hydrogen-bond donors (Lipinski definition) is 1. The van der Waals surface area contributed by atoms with Crippen molar-refractivity contribution < 1.29 is 9.53 Å². The van der Waals surface area contributed by atoms with Crippen molar-refractivity contribution >= 4 is 5.91 Å². The van der Waals surface area contributed by atoms with Crippen LogP contribution in [0.2, 0.25) is 0 Å². The first kappa shape index (κ1) is 15.8. The van der Waals surface area contributed by atoms with Gasteiger partial charge in [0.25, 0.3) is 0 Å². The van der Waals surface area contributed by atoms with E-state index in [1.807, 2.05) is 36.1 Å². The highest BCUT2D eigenvalue weighted by atomic mass is 16.5. The normalized spacial score (nSPS) is 25.0. The van der Waals surface area contributed by atoms with Crippen molar-refractivity contribution in [1.82, 2.24) is 10.2 Å². The Hall–Kier alpha value is -1.55. The van der Waals surface area contributed by atoms with E-state index in [9.17, 15) is 4.79 Å². The molecule has 0 aliphatic carbocycles. The molecule has 4 heteroatoms. The minimum absolute atomic E-state index is 0.118. The standard InChI is InChI=1S/C17H26N2O2/c1-6-11(2)13(4)19-16(18-12(3)17(19)20)14-9-7-8-10-15(14)21-5/h7-13,16,18H,6H2,1-5H3. The second kappa shape index (κ2) is 6.48. The molecule has 1 N–H and O–H groups in total. The number of ether oxygens (including phenoxy) is 1. The Balaban J connectivity index is 2.38. The number of nitrogens with zero attached hydrogens (tertiary/aromatic N) is 1. The van der Waals surface area contributed by atoms with Crippen molar-refractivity contribution in [3.05, 3.63) is 29.8 Å². The number of para-hydroxylation sites is 1. The third-order valence-corrected chi connectivity index (χ3v) is 4.65. The average Bonchev–Trinajstić information content (AvgIpc) is 2.81. The van der Waals surface area contributed by atoms with Gasteiger partial charge < -0.3 is 9.64 Å². The van der Waals surface area contributed by atoms with E-state index in [-0.39, 0.29) is 24.2 Å². The van der Waals surface area contributed by atoms with Crippen LogP contribution in [0.3, 0.4) is 0 Å². The highest BCUT2D eigenvalue weighted by Crippen LogP contribution is 2.34. The number of hydrogen-bond acceptors (Lipinski definition) is 3. The summed E-state index contributed by atoms with van der Waals surface area (Å²) in [5.74, 6) is 1.44. The average molecular weight is 290 g/mol. The SMILES string of the molecule is CCC(C)C(C)N1C(=O)C(C)NC1c1ccccc1OC. The number of carbonyl (C=O) groups excluding carboxylic acids is 1. The lowest BCUT2D eigenvalue weighted by Crippen LogP contribution is -2.41. The van der Waals surface area contributed by atoms with Gasteiger partial charge in [0, 0.05) is 11.6 Å². The lowest BCUT2D eigenvalue weighted by atomic mass is 9.98. The van der Waals surface area contributed by atoms with E-state index in [2.05, 4.69) is 26.1 Å². The van der Waals surface area contributed by atoms with Crippen molar-refractivity contribution in [3.8, 4) is 5.75 Å². The molecule has 2 rings (SSSR count). The molecule has 0 aromatic heterocycles. The van der Waals surface area contributed by atoms with Gasteiger partial charge >= 0.3 is 0 Å². The summed E-state index contributed by atoms with van der Waals surface area (Å²) in [6, 6.07) is 7.93. The number of carbonyl (C=O) groups is 1.